The van der Waals surface area contributed by atoms with Crippen LogP contribution in [0.15, 0.2) is 90.9 Å². The summed E-state index contributed by atoms with van der Waals surface area (Å²) in [6.45, 7) is 1.88. The first-order valence-electron chi connectivity index (χ1n) is 11.9. The first-order valence-corrected chi connectivity index (χ1v) is 11.9. The number of Topliss-reactive ketones (excluding diaryl/α,β-unsaturated/α-hetero) is 1. The Kier molecular flexibility index (Phi) is 6.57. The third-order valence-corrected chi connectivity index (χ3v) is 6.53. The molecule has 3 heterocycles. The van der Waals surface area contributed by atoms with Gasteiger partial charge in [-0.1, -0.05) is 36.4 Å². The van der Waals surface area contributed by atoms with E-state index in [0.29, 0.717) is 22.4 Å². The molecule has 1 atom stereocenters. The molecule has 1 aliphatic rings. The number of ketones is 1. The molecule has 9 heteroatoms. The number of aliphatic hydroxyl groups excluding tert-OH is 1. The van der Waals surface area contributed by atoms with Crippen molar-refractivity contribution in [2.24, 2.45) is 0 Å². The van der Waals surface area contributed by atoms with Crippen molar-refractivity contribution in [3.05, 3.63) is 119 Å². The van der Waals surface area contributed by atoms with Gasteiger partial charge < -0.3 is 14.7 Å². The second-order valence-corrected chi connectivity index (χ2v) is 8.79. The SMILES string of the molecule is COC(=O)c1ccc([C@H]2C(=C(O)c3cnn(-c4ccccc4)c3C)C(=O)C(=O)N2Cc2cccnc2)cc1. The summed E-state index contributed by atoms with van der Waals surface area (Å²) in [4.78, 5) is 44.1. The lowest BCUT2D eigenvalue weighted by Gasteiger charge is -2.25. The molecule has 1 aliphatic heterocycles. The van der Waals surface area contributed by atoms with Crippen molar-refractivity contribution in [1.82, 2.24) is 19.7 Å². The van der Waals surface area contributed by atoms with Gasteiger partial charge in [0.2, 0.25) is 0 Å². The van der Waals surface area contributed by atoms with Crippen LogP contribution in [0.5, 0.6) is 0 Å². The van der Waals surface area contributed by atoms with E-state index in [2.05, 4.69) is 10.1 Å². The van der Waals surface area contributed by atoms with Crippen LogP contribution in [-0.4, -0.2) is 49.5 Å². The first kappa shape index (κ1) is 24.6. The van der Waals surface area contributed by atoms with Gasteiger partial charge in [0.05, 0.1) is 47.4 Å². The number of hydrogen-bond acceptors (Lipinski definition) is 7. The fourth-order valence-electron chi connectivity index (χ4n) is 4.61. The molecule has 5 rings (SSSR count). The zero-order chi connectivity index (χ0) is 26.8. The number of hydrogen-bond donors (Lipinski definition) is 1. The van der Waals surface area contributed by atoms with Gasteiger partial charge in [-0.3, -0.25) is 14.6 Å². The van der Waals surface area contributed by atoms with Crippen LogP contribution >= 0.6 is 0 Å². The van der Waals surface area contributed by atoms with Gasteiger partial charge in [-0.05, 0) is 48.4 Å². The summed E-state index contributed by atoms with van der Waals surface area (Å²) in [6.07, 6.45) is 4.71. The van der Waals surface area contributed by atoms with Crippen LogP contribution in [0.2, 0.25) is 0 Å². The number of methoxy groups -OCH3 is 1. The van der Waals surface area contributed by atoms with E-state index >= 15 is 0 Å². The second kappa shape index (κ2) is 10.1. The van der Waals surface area contributed by atoms with E-state index in [1.807, 2.05) is 30.3 Å². The van der Waals surface area contributed by atoms with Gasteiger partial charge >= 0.3 is 5.97 Å². The van der Waals surface area contributed by atoms with Crippen LogP contribution in [-0.2, 0) is 20.9 Å². The zero-order valence-corrected chi connectivity index (χ0v) is 20.7. The summed E-state index contributed by atoms with van der Waals surface area (Å²) in [5.74, 6) is -2.38. The number of benzene rings is 2. The predicted molar refractivity (Wildman–Crippen MR) is 138 cm³/mol. The Morgan fingerprint density at radius 1 is 1.00 bits per heavy atom. The summed E-state index contributed by atoms with van der Waals surface area (Å²) < 4.78 is 6.44. The van der Waals surface area contributed by atoms with Crippen molar-refractivity contribution >= 4 is 23.4 Å². The molecule has 38 heavy (non-hydrogen) atoms. The number of carbonyl (C=O) groups excluding carboxylic acids is 3. The van der Waals surface area contributed by atoms with E-state index in [0.717, 1.165) is 11.3 Å². The number of carbonyl (C=O) groups is 3. The van der Waals surface area contributed by atoms with Crippen molar-refractivity contribution in [2.75, 3.05) is 7.11 Å². The van der Waals surface area contributed by atoms with Crippen LogP contribution in [0.4, 0.5) is 0 Å². The molecule has 1 saturated heterocycles. The fraction of sp³-hybridized carbons (Fsp3) is 0.138. The Bertz CT molecular complexity index is 1540. The molecule has 1 fully saturated rings. The van der Waals surface area contributed by atoms with Crippen molar-refractivity contribution in [1.29, 1.82) is 0 Å². The Hall–Kier alpha value is -5.05. The van der Waals surface area contributed by atoms with E-state index < -0.39 is 23.7 Å². The molecular formula is C29H24N4O5. The molecule has 4 aromatic rings. The number of aromatic nitrogens is 3. The number of rotatable bonds is 6. The van der Waals surface area contributed by atoms with E-state index in [1.165, 1.54) is 18.2 Å². The Labute approximate surface area is 218 Å². The maximum Gasteiger partial charge on any atom is 0.337 e. The van der Waals surface area contributed by atoms with Crippen LogP contribution in [0.25, 0.3) is 11.4 Å². The molecule has 1 N–H and O–H groups in total. The second-order valence-electron chi connectivity index (χ2n) is 8.79. The summed E-state index contributed by atoms with van der Waals surface area (Å²) in [5, 5.41) is 15.9. The molecule has 0 radical (unpaired) electrons. The molecule has 2 aromatic heterocycles. The van der Waals surface area contributed by atoms with Gasteiger partial charge in [-0.15, -0.1) is 0 Å². The molecule has 0 spiro atoms. The molecule has 9 nitrogen and oxygen atoms in total. The number of ether oxygens (including phenoxy) is 1. The van der Waals surface area contributed by atoms with E-state index in [1.54, 1.807) is 60.4 Å². The lowest BCUT2D eigenvalue weighted by Crippen LogP contribution is -2.29. The molecule has 0 aliphatic carbocycles. The molecular weight excluding hydrogens is 484 g/mol. The number of amides is 1. The van der Waals surface area contributed by atoms with Crippen molar-refractivity contribution < 1.29 is 24.2 Å². The normalized spacial score (nSPS) is 16.6. The molecule has 2 aromatic carbocycles. The number of para-hydroxylation sites is 1. The van der Waals surface area contributed by atoms with Gasteiger partial charge in [0, 0.05) is 18.9 Å². The van der Waals surface area contributed by atoms with Gasteiger partial charge in [0.25, 0.3) is 11.7 Å². The quantitative estimate of drug-likeness (QED) is 0.181. The highest BCUT2D eigenvalue weighted by Gasteiger charge is 2.46. The summed E-state index contributed by atoms with van der Waals surface area (Å²) >= 11 is 0. The Morgan fingerprint density at radius 2 is 1.74 bits per heavy atom. The van der Waals surface area contributed by atoms with Gasteiger partial charge in [-0.2, -0.15) is 5.10 Å². The minimum Gasteiger partial charge on any atom is -0.507 e. The maximum atomic E-state index is 13.4. The zero-order valence-electron chi connectivity index (χ0n) is 20.7. The topological polar surface area (TPSA) is 115 Å². The lowest BCUT2D eigenvalue weighted by molar-refractivity contribution is -0.140. The third-order valence-electron chi connectivity index (χ3n) is 6.53. The van der Waals surface area contributed by atoms with E-state index in [4.69, 9.17) is 4.74 Å². The number of nitrogens with zero attached hydrogens (tertiary/aromatic N) is 4. The van der Waals surface area contributed by atoms with Crippen LogP contribution in [0, 0.1) is 6.92 Å². The van der Waals surface area contributed by atoms with Gasteiger partial charge in [0.1, 0.15) is 5.76 Å². The molecule has 0 unspecified atom stereocenters. The van der Waals surface area contributed by atoms with Crippen molar-refractivity contribution in [2.45, 2.75) is 19.5 Å². The molecule has 0 saturated carbocycles. The third kappa shape index (κ3) is 4.34. The number of likely N-dealkylation sites (tertiary alicyclic amines) is 1. The average Bonchev–Trinajstić information content (AvgIpc) is 3.46. The highest BCUT2D eigenvalue weighted by Crippen LogP contribution is 2.41. The van der Waals surface area contributed by atoms with Gasteiger partial charge in [-0.25, -0.2) is 9.48 Å². The highest BCUT2D eigenvalue weighted by molar-refractivity contribution is 6.46. The predicted octanol–water partition coefficient (Wildman–Crippen LogP) is 3.98. The van der Waals surface area contributed by atoms with Crippen LogP contribution < -0.4 is 0 Å². The molecule has 0 bridgehead atoms. The molecule has 190 valence electrons. The van der Waals surface area contributed by atoms with E-state index in [-0.39, 0.29) is 17.9 Å². The van der Waals surface area contributed by atoms with Crippen molar-refractivity contribution in [3.63, 3.8) is 0 Å². The minimum atomic E-state index is -0.902. The van der Waals surface area contributed by atoms with Crippen LogP contribution in [0.1, 0.15) is 38.8 Å². The Morgan fingerprint density at radius 3 is 2.39 bits per heavy atom. The minimum absolute atomic E-state index is 0.0552. The smallest absolute Gasteiger partial charge is 0.337 e. The summed E-state index contributed by atoms with van der Waals surface area (Å²) in [5.41, 5.74) is 3.27. The summed E-state index contributed by atoms with van der Waals surface area (Å²) in [6, 6.07) is 18.4. The first-order chi connectivity index (χ1) is 18.4. The average molecular weight is 509 g/mol. The largest absolute Gasteiger partial charge is 0.507 e. The standard InChI is InChI=1S/C29H24N4O5/c1-18-23(16-31-33(18)22-8-4-3-5-9-22)26(34)24-25(20-10-12-21(13-11-20)29(37)38-2)32(28(36)27(24)35)17-19-7-6-14-30-15-19/h3-16,25,34H,17H2,1-2H3/t25-/m0/s1. The molecule has 1 amide bonds. The maximum absolute atomic E-state index is 13.4. The van der Waals surface area contributed by atoms with Crippen molar-refractivity contribution in [3.8, 4) is 5.69 Å². The Balaban J connectivity index is 1.64. The lowest BCUT2D eigenvalue weighted by atomic mass is 9.94. The van der Waals surface area contributed by atoms with Crippen LogP contribution in [0.3, 0.4) is 0 Å². The van der Waals surface area contributed by atoms with E-state index in [9.17, 15) is 19.5 Å². The van der Waals surface area contributed by atoms with Gasteiger partial charge in [0.15, 0.2) is 0 Å². The number of pyridine rings is 1. The number of aliphatic hydroxyl groups is 1. The number of esters is 1. The monoisotopic (exact) mass is 508 g/mol. The summed E-state index contributed by atoms with van der Waals surface area (Å²) in [7, 11) is 1.29. The highest BCUT2D eigenvalue weighted by atomic mass is 16.5. The fourth-order valence-corrected chi connectivity index (χ4v) is 4.61.